The van der Waals surface area contributed by atoms with Gasteiger partial charge in [-0.25, -0.2) is 0 Å². The quantitative estimate of drug-likeness (QED) is 0.503. The summed E-state index contributed by atoms with van der Waals surface area (Å²) in [6.07, 6.45) is 6.55. The molecule has 0 aromatic heterocycles. The van der Waals surface area contributed by atoms with Crippen LogP contribution in [0.15, 0.2) is 11.1 Å². The fourth-order valence-electron chi connectivity index (χ4n) is 2.59. The van der Waals surface area contributed by atoms with Gasteiger partial charge in [0, 0.05) is 12.8 Å². The lowest BCUT2D eigenvalue weighted by atomic mass is 9.74. The molecule has 0 radical (unpaired) electrons. The molecule has 2 aliphatic carbocycles. The van der Waals surface area contributed by atoms with Crippen LogP contribution in [0.1, 0.15) is 45.4 Å². The predicted molar refractivity (Wildman–Crippen MR) is 48.9 cm³/mol. The Morgan fingerprint density at radius 2 is 2.08 bits per heavy atom. The second-order valence-electron chi connectivity index (χ2n) is 4.14. The third kappa shape index (κ3) is 1.33. The summed E-state index contributed by atoms with van der Waals surface area (Å²) in [4.78, 5) is 11.2. The van der Waals surface area contributed by atoms with Crippen LogP contribution in [0.3, 0.4) is 0 Å². The second kappa shape index (κ2) is 3.04. The van der Waals surface area contributed by atoms with Gasteiger partial charge in [-0.05, 0) is 38.5 Å². The van der Waals surface area contributed by atoms with Gasteiger partial charge in [0.25, 0.3) is 0 Å². The molecule has 0 spiro atoms. The molecule has 1 atom stereocenters. The minimum absolute atomic E-state index is 0.485. The average Bonchev–Trinajstić information content (AvgIpc) is 2.04. The van der Waals surface area contributed by atoms with Crippen molar-refractivity contribution in [1.29, 1.82) is 0 Å². The van der Waals surface area contributed by atoms with Crippen LogP contribution >= 0.6 is 0 Å². The fraction of sp³-hybridized carbons (Fsp3) is 0.727. The fourth-order valence-corrected chi connectivity index (χ4v) is 2.59. The van der Waals surface area contributed by atoms with E-state index in [4.69, 9.17) is 0 Å². The number of hydrogen-bond donors (Lipinski definition) is 0. The van der Waals surface area contributed by atoms with Gasteiger partial charge in [-0.2, -0.15) is 0 Å². The van der Waals surface area contributed by atoms with Crippen molar-refractivity contribution in [2.75, 3.05) is 0 Å². The van der Waals surface area contributed by atoms with Gasteiger partial charge in [0.05, 0.1) is 0 Å². The highest BCUT2D eigenvalue weighted by atomic mass is 16.1. The van der Waals surface area contributed by atoms with Crippen molar-refractivity contribution in [1.82, 2.24) is 0 Å². The van der Waals surface area contributed by atoms with Crippen molar-refractivity contribution in [3.63, 3.8) is 0 Å². The molecule has 0 amide bonds. The number of allylic oxidation sites excluding steroid dienone is 2. The lowest BCUT2D eigenvalue weighted by Gasteiger charge is -2.30. The number of fused-ring (bicyclic) bond motifs is 1. The maximum atomic E-state index is 11.2. The molecule has 1 saturated carbocycles. The van der Waals surface area contributed by atoms with Gasteiger partial charge in [0.15, 0.2) is 0 Å². The van der Waals surface area contributed by atoms with Gasteiger partial charge in [-0.3, -0.25) is 4.79 Å². The number of Topliss-reactive ketones (excluding diaryl/α,β-unsaturated/α-hetero) is 1. The van der Waals surface area contributed by atoms with E-state index < -0.39 is 0 Å². The molecular weight excluding hydrogens is 148 g/mol. The molecule has 0 aromatic carbocycles. The van der Waals surface area contributed by atoms with Gasteiger partial charge in [0.2, 0.25) is 0 Å². The van der Waals surface area contributed by atoms with Crippen molar-refractivity contribution in [2.24, 2.45) is 5.92 Å². The van der Waals surface area contributed by atoms with E-state index in [1.807, 2.05) is 0 Å². The van der Waals surface area contributed by atoms with Crippen LogP contribution in [0.2, 0.25) is 0 Å². The minimum Gasteiger partial charge on any atom is -0.300 e. The lowest BCUT2D eigenvalue weighted by molar-refractivity contribution is -0.120. The standard InChI is InChI=1S/C11H16O/c1-8-3-2-4-9-7-10(12)5-6-11(8)9/h9H,2-7H2,1H3. The SMILES string of the molecule is CC1=C2CCC(=O)CC2CCC1. The Morgan fingerprint density at radius 1 is 1.25 bits per heavy atom. The Kier molecular flexibility index (Phi) is 2.03. The van der Waals surface area contributed by atoms with E-state index in [0.717, 1.165) is 19.3 Å². The number of carbonyl (C=O) groups excluding carboxylic acids is 1. The molecule has 1 nitrogen and oxygen atoms in total. The van der Waals surface area contributed by atoms with Crippen LogP contribution in [0, 0.1) is 5.92 Å². The molecule has 1 unspecified atom stereocenters. The zero-order valence-electron chi connectivity index (χ0n) is 7.73. The van der Waals surface area contributed by atoms with Gasteiger partial charge in [-0.15, -0.1) is 0 Å². The summed E-state index contributed by atoms with van der Waals surface area (Å²) in [5.74, 6) is 1.12. The summed E-state index contributed by atoms with van der Waals surface area (Å²) in [5.41, 5.74) is 3.21. The van der Waals surface area contributed by atoms with Gasteiger partial charge >= 0.3 is 0 Å². The molecule has 0 bridgehead atoms. The highest BCUT2D eigenvalue weighted by Gasteiger charge is 2.27. The van der Waals surface area contributed by atoms with Gasteiger partial charge < -0.3 is 0 Å². The van der Waals surface area contributed by atoms with Crippen molar-refractivity contribution < 1.29 is 4.79 Å². The number of carbonyl (C=O) groups is 1. The highest BCUT2D eigenvalue weighted by molar-refractivity contribution is 5.80. The first kappa shape index (κ1) is 8.03. The maximum absolute atomic E-state index is 11.2. The number of ketones is 1. The third-order valence-corrected chi connectivity index (χ3v) is 3.29. The molecular formula is C11H16O. The molecule has 0 aromatic rings. The van der Waals surface area contributed by atoms with Crippen molar-refractivity contribution >= 4 is 5.78 Å². The third-order valence-electron chi connectivity index (χ3n) is 3.29. The molecule has 12 heavy (non-hydrogen) atoms. The van der Waals surface area contributed by atoms with E-state index in [1.165, 1.54) is 19.3 Å². The second-order valence-corrected chi connectivity index (χ2v) is 4.14. The Labute approximate surface area is 73.8 Å². The van der Waals surface area contributed by atoms with Crippen molar-refractivity contribution in [3.05, 3.63) is 11.1 Å². The van der Waals surface area contributed by atoms with Crippen LogP contribution in [-0.4, -0.2) is 5.78 Å². The monoisotopic (exact) mass is 164 g/mol. The zero-order chi connectivity index (χ0) is 8.55. The van der Waals surface area contributed by atoms with E-state index in [0.29, 0.717) is 11.7 Å². The molecule has 2 rings (SSSR count). The Bertz CT molecular complexity index is 237. The highest BCUT2D eigenvalue weighted by Crippen LogP contribution is 2.38. The van der Waals surface area contributed by atoms with E-state index in [2.05, 4.69) is 6.92 Å². The Balaban J connectivity index is 2.21. The average molecular weight is 164 g/mol. The summed E-state index contributed by atoms with van der Waals surface area (Å²) in [7, 11) is 0. The minimum atomic E-state index is 0.485. The van der Waals surface area contributed by atoms with Crippen molar-refractivity contribution in [3.8, 4) is 0 Å². The molecule has 0 saturated heterocycles. The molecule has 0 heterocycles. The first-order valence-electron chi connectivity index (χ1n) is 4.97. The van der Waals surface area contributed by atoms with Crippen molar-refractivity contribution in [2.45, 2.75) is 45.4 Å². The summed E-state index contributed by atoms with van der Waals surface area (Å²) in [6, 6.07) is 0. The van der Waals surface area contributed by atoms with Crippen LogP contribution < -0.4 is 0 Å². The first-order chi connectivity index (χ1) is 5.77. The predicted octanol–water partition coefficient (Wildman–Crippen LogP) is 2.86. The maximum Gasteiger partial charge on any atom is 0.133 e. The van der Waals surface area contributed by atoms with Crippen LogP contribution in [0.25, 0.3) is 0 Å². The molecule has 1 fully saturated rings. The molecule has 1 heteroatoms. The van der Waals surface area contributed by atoms with Crippen LogP contribution in [-0.2, 0) is 4.79 Å². The van der Waals surface area contributed by atoms with E-state index in [-0.39, 0.29) is 0 Å². The number of hydrogen-bond acceptors (Lipinski definition) is 1. The molecule has 0 N–H and O–H groups in total. The summed E-state index contributed by atoms with van der Waals surface area (Å²) in [5, 5.41) is 0. The zero-order valence-corrected chi connectivity index (χ0v) is 7.73. The topological polar surface area (TPSA) is 17.1 Å². The normalized spacial score (nSPS) is 30.4. The molecule has 2 aliphatic rings. The Morgan fingerprint density at radius 3 is 2.92 bits per heavy atom. The van der Waals surface area contributed by atoms with E-state index >= 15 is 0 Å². The summed E-state index contributed by atoms with van der Waals surface area (Å²) < 4.78 is 0. The smallest absolute Gasteiger partial charge is 0.133 e. The van der Waals surface area contributed by atoms with E-state index in [9.17, 15) is 4.79 Å². The van der Waals surface area contributed by atoms with Gasteiger partial charge in [-0.1, -0.05) is 11.1 Å². The first-order valence-corrected chi connectivity index (χ1v) is 4.97. The Hall–Kier alpha value is -0.590. The van der Waals surface area contributed by atoms with Crippen LogP contribution in [0.5, 0.6) is 0 Å². The number of rotatable bonds is 0. The van der Waals surface area contributed by atoms with Crippen LogP contribution in [0.4, 0.5) is 0 Å². The molecule has 0 aliphatic heterocycles. The molecule has 66 valence electrons. The van der Waals surface area contributed by atoms with E-state index in [1.54, 1.807) is 11.1 Å². The lowest BCUT2D eigenvalue weighted by Crippen LogP contribution is -2.21. The largest absolute Gasteiger partial charge is 0.300 e. The summed E-state index contributed by atoms with van der Waals surface area (Å²) in [6.45, 7) is 2.25. The summed E-state index contributed by atoms with van der Waals surface area (Å²) >= 11 is 0. The van der Waals surface area contributed by atoms with Gasteiger partial charge in [0.1, 0.15) is 5.78 Å².